The van der Waals surface area contributed by atoms with Gasteiger partial charge in [-0.2, -0.15) is 14.9 Å². The van der Waals surface area contributed by atoms with Crippen molar-refractivity contribution in [2.45, 2.75) is 32.6 Å². The maximum atomic E-state index is 12.5. The molecule has 0 aromatic carbocycles. The summed E-state index contributed by atoms with van der Waals surface area (Å²) in [5.41, 5.74) is 7.29. The van der Waals surface area contributed by atoms with Gasteiger partial charge < -0.3 is 11.1 Å². The quantitative estimate of drug-likeness (QED) is 0.895. The molecule has 2 aromatic heterocycles. The van der Waals surface area contributed by atoms with Crippen LogP contribution in [0.1, 0.15) is 36.9 Å². The van der Waals surface area contributed by atoms with Crippen LogP contribution in [0.25, 0.3) is 5.65 Å². The van der Waals surface area contributed by atoms with E-state index in [2.05, 4.69) is 21.5 Å². The predicted molar refractivity (Wildman–Crippen MR) is 85.6 cm³/mol. The summed E-state index contributed by atoms with van der Waals surface area (Å²) in [6.07, 6.45) is 5.19. The number of aromatic nitrogens is 3. The monoisotopic (exact) mass is 312 g/mol. The number of rotatable bonds is 3. The van der Waals surface area contributed by atoms with Gasteiger partial charge in [0.2, 0.25) is 5.91 Å². The Balaban J connectivity index is 1.80. The number of nitrogens with two attached hydrogens (primary N) is 1. The van der Waals surface area contributed by atoms with Gasteiger partial charge in [-0.25, -0.2) is 4.98 Å². The third-order valence-corrected chi connectivity index (χ3v) is 4.52. The van der Waals surface area contributed by atoms with Gasteiger partial charge in [0.05, 0.1) is 6.20 Å². The fourth-order valence-corrected chi connectivity index (χ4v) is 3.14. The van der Waals surface area contributed by atoms with Crippen molar-refractivity contribution < 1.29 is 4.79 Å². The maximum Gasteiger partial charge on any atom is 0.228 e. The van der Waals surface area contributed by atoms with Crippen molar-refractivity contribution in [3.8, 4) is 6.07 Å². The van der Waals surface area contributed by atoms with Crippen LogP contribution in [0.2, 0.25) is 0 Å². The zero-order valence-corrected chi connectivity index (χ0v) is 13.1. The van der Waals surface area contributed by atoms with Crippen LogP contribution >= 0.6 is 0 Å². The minimum atomic E-state index is 0.00128. The minimum Gasteiger partial charge on any atom is -0.330 e. The van der Waals surface area contributed by atoms with Crippen molar-refractivity contribution in [1.29, 1.82) is 5.26 Å². The fourth-order valence-electron chi connectivity index (χ4n) is 3.14. The highest BCUT2D eigenvalue weighted by Crippen LogP contribution is 2.29. The van der Waals surface area contributed by atoms with E-state index in [1.54, 1.807) is 6.07 Å². The fraction of sp³-hybridized carbons (Fsp3) is 0.500. The molecular formula is C16H20N6O. The number of anilines is 1. The molecule has 0 spiro atoms. The Kier molecular flexibility index (Phi) is 4.26. The van der Waals surface area contributed by atoms with E-state index in [4.69, 9.17) is 11.0 Å². The highest BCUT2D eigenvalue weighted by atomic mass is 16.2. The lowest BCUT2D eigenvalue weighted by Crippen LogP contribution is -2.30. The molecule has 2 heterocycles. The minimum absolute atomic E-state index is 0.00128. The summed E-state index contributed by atoms with van der Waals surface area (Å²) in [4.78, 5) is 16.8. The smallest absolute Gasteiger partial charge is 0.228 e. The van der Waals surface area contributed by atoms with Crippen LogP contribution < -0.4 is 11.1 Å². The van der Waals surface area contributed by atoms with E-state index in [1.165, 1.54) is 10.7 Å². The second-order valence-electron chi connectivity index (χ2n) is 6.13. The van der Waals surface area contributed by atoms with Gasteiger partial charge in [0, 0.05) is 17.7 Å². The number of carbonyl (C=O) groups is 1. The van der Waals surface area contributed by atoms with E-state index in [0.717, 1.165) is 31.4 Å². The zero-order chi connectivity index (χ0) is 16.4. The predicted octanol–water partition coefficient (Wildman–Crippen LogP) is 1.61. The SMILES string of the molecule is Cc1cc(NC(=O)C2CCC(CN)CC2)n2ncc(C#N)c2n1. The number of nitriles is 1. The number of hydrogen-bond acceptors (Lipinski definition) is 5. The highest BCUT2D eigenvalue weighted by Gasteiger charge is 2.26. The summed E-state index contributed by atoms with van der Waals surface area (Å²) >= 11 is 0. The number of hydrogen-bond donors (Lipinski definition) is 2. The number of aryl methyl sites for hydroxylation is 1. The lowest BCUT2D eigenvalue weighted by Gasteiger charge is -2.26. The van der Waals surface area contributed by atoms with E-state index in [-0.39, 0.29) is 11.8 Å². The molecule has 7 nitrogen and oxygen atoms in total. The molecule has 7 heteroatoms. The van der Waals surface area contributed by atoms with Crippen molar-refractivity contribution in [3.63, 3.8) is 0 Å². The van der Waals surface area contributed by atoms with Gasteiger partial charge in [0.1, 0.15) is 17.5 Å². The molecule has 0 bridgehead atoms. The molecule has 0 atom stereocenters. The van der Waals surface area contributed by atoms with Gasteiger partial charge in [-0.05, 0) is 45.1 Å². The molecule has 3 N–H and O–H groups in total. The van der Waals surface area contributed by atoms with Gasteiger partial charge in [0.15, 0.2) is 5.65 Å². The van der Waals surface area contributed by atoms with Crippen LogP contribution in [0.4, 0.5) is 5.82 Å². The van der Waals surface area contributed by atoms with Gasteiger partial charge >= 0.3 is 0 Å². The molecule has 0 unspecified atom stereocenters. The average Bonchev–Trinajstić information content (AvgIpc) is 2.97. The molecule has 1 saturated carbocycles. The van der Waals surface area contributed by atoms with Crippen molar-refractivity contribution in [2.24, 2.45) is 17.6 Å². The standard InChI is InChI=1S/C16H20N6O/c1-10-6-14(22-15(20-10)13(8-18)9-19-22)21-16(23)12-4-2-11(7-17)3-5-12/h6,9,11-12H,2-5,7,17H2,1H3,(H,21,23). The molecule has 0 radical (unpaired) electrons. The largest absolute Gasteiger partial charge is 0.330 e. The summed E-state index contributed by atoms with van der Waals surface area (Å²) in [5, 5.41) is 16.2. The van der Waals surface area contributed by atoms with Crippen molar-refractivity contribution >= 4 is 17.4 Å². The lowest BCUT2D eigenvalue weighted by atomic mass is 9.81. The first kappa shape index (κ1) is 15.4. The summed E-state index contributed by atoms with van der Waals surface area (Å²) in [6, 6.07) is 3.83. The topological polar surface area (TPSA) is 109 Å². The number of nitrogens with one attached hydrogen (secondary N) is 1. The van der Waals surface area contributed by atoms with E-state index < -0.39 is 0 Å². The Morgan fingerprint density at radius 3 is 2.87 bits per heavy atom. The molecule has 0 saturated heterocycles. The van der Waals surface area contributed by atoms with E-state index in [9.17, 15) is 4.79 Å². The van der Waals surface area contributed by atoms with Gasteiger partial charge in [-0.15, -0.1) is 0 Å². The number of nitrogens with zero attached hydrogens (tertiary/aromatic N) is 4. The Hall–Kier alpha value is -2.46. The van der Waals surface area contributed by atoms with Gasteiger partial charge in [0.25, 0.3) is 0 Å². The van der Waals surface area contributed by atoms with Gasteiger partial charge in [-0.3, -0.25) is 4.79 Å². The van der Waals surface area contributed by atoms with E-state index in [0.29, 0.717) is 29.5 Å². The molecular weight excluding hydrogens is 292 g/mol. The number of amides is 1. The van der Waals surface area contributed by atoms with Crippen LogP contribution in [0.3, 0.4) is 0 Å². The first-order chi connectivity index (χ1) is 11.1. The van der Waals surface area contributed by atoms with Gasteiger partial charge in [-0.1, -0.05) is 0 Å². The van der Waals surface area contributed by atoms with Crippen LogP contribution in [0.5, 0.6) is 0 Å². The molecule has 1 aliphatic rings. The highest BCUT2D eigenvalue weighted by molar-refractivity contribution is 5.92. The molecule has 0 aliphatic heterocycles. The Labute approximate surface area is 134 Å². The van der Waals surface area contributed by atoms with E-state index in [1.807, 2.05) is 6.92 Å². The van der Waals surface area contributed by atoms with Crippen LogP contribution in [0, 0.1) is 30.1 Å². The first-order valence-corrected chi connectivity index (χ1v) is 7.88. The zero-order valence-electron chi connectivity index (χ0n) is 13.1. The normalized spacial score (nSPS) is 21.1. The van der Waals surface area contributed by atoms with Crippen LogP contribution in [-0.2, 0) is 4.79 Å². The summed E-state index contributed by atoms with van der Waals surface area (Å²) in [7, 11) is 0. The third kappa shape index (κ3) is 3.03. The second-order valence-corrected chi connectivity index (χ2v) is 6.13. The van der Waals surface area contributed by atoms with Crippen molar-refractivity contribution in [3.05, 3.63) is 23.5 Å². The Bertz CT molecular complexity index is 767. The number of carbonyl (C=O) groups excluding carboxylic acids is 1. The molecule has 1 fully saturated rings. The summed E-state index contributed by atoms with van der Waals surface area (Å²) in [5.74, 6) is 1.10. The average molecular weight is 312 g/mol. The van der Waals surface area contributed by atoms with Crippen molar-refractivity contribution in [2.75, 3.05) is 11.9 Å². The molecule has 1 aliphatic carbocycles. The van der Waals surface area contributed by atoms with Crippen molar-refractivity contribution in [1.82, 2.24) is 14.6 Å². The van der Waals surface area contributed by atoms with Crippen LogP contribution in [-0.4, -0.2) is 27.0 Å². The first-order valence-electron chi connectivity index (χ1n) is 7.88. The summed E-state index contributed by atoms with van der Waals surface area (Å²) in [6.45, 7) is 2.53. The Morgan fingerprint density at radius 2 is 2.22 bits per heavy atom. The third-order valence-electron chi connectivity index (χ3n) is 4.52. The molecule has 2 aromatic rings. The van der Waals surface area contributed by atoms with Crippen LogP contribution in [0.15, 0.2) is 12.3 Å². The number of fused-ring (bicyclic) bond motifs is 1. The molecule has 3 rings (SSSR count). The van der Waals surface area contributed by atoms with E-state index >= 15 is 0 Å². The Morgan fingerprint density at radius 1 is 1.48 bits per heavy atom. The maximum absolute atomic E-state index is 12.5. The molecule has 1 amide bonds. The summed E-state index contributed by atoms with van der Waals surface area (Å²) < 4.78 is 1.51. The second kappa shape index (κ2) is 6.34. The molecule has 23 heavy (non-hydrogen) atoms. The lowest BCUT2D eigenvalue weighted by molar-refractivity contribution is -0.121. The molecule has 120 valence electrons.